The van der Waals surface area contributed by atoms with E-state index in [0.717, 1.165) is 84.5 Å². The maximum atomic E-state index is 12.9. The minimum Gasteiger partial charge on any atom is -0.343 e. The highest BCUT2D eigenvalue weighted by Crippen LogP contribution is 2.25. The van der Waals surface area contributed by atoms with Crippen molar-refractivity contribution in [1.82, 2.24) is 19.6 Å². The molecule has 0 aromatic rings. The number of nitrogens with zero attached hydrogens (tertiary/aromatic N) is 4. The Bertz CT molecular complexity index is 499. The molecule has 27 heavy (non-hydrogen) atoms. The van der Waals surface area contributed by atoms with Crippen LogP contribution in [-0.2, 0) is 9.59 Å². The number of hydrogen-bond acceptors (Lipinski definition) is 5. The molecule has 0 aromatic heterocycles. The van der Waals surface area contributed by atoms with Gasteiger partial charge in [0.05, 0.1) is 5.92 Å². The first-order valence-electron chi connectivity index (χ1n) is 10.8. The monoisotopic (exact) mass is 379 g/mol. The lowest BCUT2D eigenvalue weighted by molar-refractivity contribution is -0.139. The quantitative estimate of drug-likeness (QED) is 0.739. The van der Waals surface area contributed by atoms with Crippen molar-refractivity contribution in [2.75, 3.05) is 66.0 Å². The van der Waals surface area contributed by atoms with Gasteiger partial charge in [-0.05, 0) is 52.2 Å². The number of carbonyl (C=O) groups excluding carboxylic acids is 2. The van der Waals surface area contributed by atoms with Crippen LogP contribution in [0, 0.1) is 5.92 Å². The topological polar surface area (TPSA) is 73.1 Å². The number of nitrogens with two attached hydrogens (primary N) is 1. The maximum Gasteiger partial charge on any atom is 0.227 e. The van der Waals surface area contributed by atoms with E-state index < -0.39 is 0 Å². The van der Waals surface area contributed by atoms with Gasteiger partial charge in [-0.1, -0.05) is 0 Å². The van der Waals surface area contributed by atoms with Crippen molar-refractivity contribution < 1.29 is 9.59 Å². The van der Waals surface area contributed by atoms with Gasteiger partial charge in [-0.15, -0.1) is 0 Å². The predicted octanol–water partition coefficient (Wildman–Crippen LogP) is 0.202. The minimum atomic E-state index is 0.159. The van der Waals surface area contributed by atoms with Crippen LogP contribution in [0.2, 0.25) is 0 Å². The SMILES string of the molecule is CN1CCN(C(=O)[C@@H]2CCCN(C3CCN(C(=O)CCCN)CC3)C2)CC1. The van der Waals surface area contributed by atoms with Crippen molar-refractivity contribution in [2.24, 2.45) is 11.7 Å². The summed E-state index contributed by atoms with van der Waals surface area (Å²) in [4.78, 5) is 34.0. The van der Waals surface area contributed by atoms with Gasteiger partial charge in [-0.25, -0.2) is 0 Å². The van der Waals surface area contributed by atoms with E-state index in [9.17, 15) is 9.59 Å². The molecule has 154 valence electrons. The highest BCUT2D eigenvalue weighted by Gasteiger charge is 2.34. The van der Waals surface area contributed by atoms with E-state index in [4.69, 9.17) is 5.73 Å². The van der Waals surface area contributed by atoms with Gasteiger partial charge in [0.2, 0.25) is 11.8 Å². The van der Waals surface area contributed by atoms with E-state index in [0.29, 0.717) is 24.9 Å². The zero-order valence-electron chi connectivity index (χ0n) is 16.9. The third-order valence-electron chi connectivity index (χ3n) is 6.55. The summed E-state index contributed by atoms with van der Waals surface area (Å²) in [7, 11) is 2.12. The summed E-state index contributed by atoms with van der Waals surface area (Å²) in [6, 6.07) is 0.520. The van der Waals surface area contributed by atoms with Gasteiger partial charge in [0.1, 0.15) is 0 Å². The van der Waals surface area contributed by atoms with Gasteiger partial charge in [0.15, 0.2) is 0 Å². The van der Waals surface area contributed by atoms with Crippen LogP contribution in [0.1, 0.15) is 38.5 Å². The van der Waals surface area contributed by atoms with Crippen molar-refractivity contribution in [3.8, 4) is 0 Å². The third kappa shape index (κ3) is 5.42. The van der Waals surface area contributed by atoms with Gasteiger partial charge in [0.25, 0.3) is 0 Å². The number of amides is 2. The Hall–Kier alpha value is -1.18. The van der Waals surface area contributed by atoms with Crippen LogP contribution in [-0.4, -0.2) is 103 Å². The van der Waals surface area contributed by atoms with Crippen molar-refractivity contribution in [1.29, 1.82) is 0 Å². The molecule has 3 aliphatic heterocycles. The second-order valence-electron chi connectivity index (χ2n) is 8.47. The zero-order chi connectivity index (χ0) is 19.2. The summed E-state index contributed by atoms with van der Waals surface area (Å²) in [6.07, 6.45) is 5.55. The van der Waals surface area contributed by atoms with Gasteiger partial charge >= 0.3 is 0 Å². The van der Waals surface area contributed by atoms with Crippen molar-refractivity contribution >= 4 is 11.8 Å². The number of hydrogen-bond donors (Lipinski definition) is 1. The van der Waals surface area contributed by atoms with Crippen LogP contribution in [0.4, 0.5) is 0 Å². The van der Waals surface area contributed by atoms with Crippen molar-refractivity contribution in [3.05, 3.63) is 0 Å². The fourth-order valence-corrected chi connectivity index (χ4v) is 4.72. The van der Waals surface area contributed by atoms with E-state index in [2.05, 4.69) is 21.7 Å². The predicted molar refractivity (Wildman–Crippen MR) is 106 cm³/mol. The summed E-state index contributed by atoms with van der Waals surface area (Å²) in [5.74, 6) is 0.772. The molecule has 1 atom stereocenters. The fourth-order valence-electron chi connectivity index (χ4n) is 4.72. The first kappa shape index (κ1) is 20.6. The standard InChI is InChI=1S/C20H37N5O2/c1-22-12-14-24(15-13-22)20(27)17-4-3-9-25(16-17)18-6-10-23(11-7-18)19(26)5-2-8-21/h17-18H,2-16,21H2,1H3/t17-/m1/s1. The van der Waals surface area contributed by atoms with Crippen LogP contribution in [0.25, 0.3) is 0 Å². The highest BCUT2D eigenvalue weighted by molar-refractivity contribution is 5.79. The van der Waals surface area contributed by atoms with E-state index in [1.54, 1.807) is 0 Å². The number of piperidine rings is 2. The minimum absolute atomic E-state index is 0.159. The molecule has 3 heterocycles. The fraction of sp³-hybridized carbons (Fsp3) is 0.900. The maximum absolute atomic E-state index is 12.9. The van der Waals surface area contributed by atoms with Crippen LogP contribution in [0.15, 0.2) is 0 Å². The van der Waals surface area contributed by atoms with Crippen molar-refractivity contribution in [2.45, 2.75) is 44.6 Å². The molecular weight excluding hydrogens is 342 g/mol. The summed E-state index contributed by atoms with van der Waals surface area (Å²) in [6.45, 7) is 7.99. The summed E-state index contributed by atoms with van der Waals surface area (Å²) in [5.41, 5.74) is 5.51. The number of rotatable bonds is 5. The van der Waals surface area contributed by atoms with E-state index in [1.807, 2.05) is 4.90 Å². The Balaban J connectivity index is 1.46. The second-order valence-corrected chi connectivity index (χ2v) is 8.47. The number of carbonyl (C=O) groups is 2. The first-order valence-corrected chi connectivity index (χ1v) is 10.8. The third-order valence-corrected chi connectivity index (χ3v) is 6.55. The molecule has 7 nitrogen and oxygen atoms in total. The van der Waals surface area contributed by atoms with Crippen LogP contribution in [0.5, 0.6) is 0 Å². The molecule has 3 aliphatic rings. The molecule has 2 amide bonds. The summed E-state index contributed by atoms with van der Waals surface area (Å²) < 4.78 is 0. The summed E-state index contributed by atoms with van der Waals surface area (Å²) >= 11 is 0. The molecule has 0 saturated carbocycles. The Labute approximate surface area is 163 Å². The highest BCUT2D eigenvalue weighted by atomic mass is 16.2. The molecule has 3 rings (SSSR count). The molecule has 0 spiro atoms. The molecule has 3 fully saturated rings. The lowest BCUT2D eigenvalue weighted by Crippen LogP contribution is -2.54. The number of likely N-dealkylation sites (tertiary alicyclic amines) is 2. The Morgan fingerprint density at radius 1 is 0.926 bits per heavy atom. The van der Waals surface area contributed by atoms with E-state index >= 15 is 0 Å². The molecule has 0 unspecified atom stereocenters. The average molecular weight is 380 g/mol. The largest absolute Gasteiger partial charge is 0.343 e. The first-order chi connectivity index (χ1) is 13.1. The number of piperazine rings is 1. The molecule has 0 bridgehead atoms. The van der Waals surface area contributed by atoms with Gasteiger partial charge in [0, 0.05) is 58.3 Å². The lowest BCUT2D eigenvalue weighted by Gasteiger charge is -2.43. The smallest absolute Gasteiger partial charge is 0.227 e. The average Bonchev–Trinajstić information content (AvgIpc) is 2.72. The molecule has 2 N–H and O–H groups in total. The van der Waals surface area contributed by atoms with Gasteiger partial charge in [-0.3, -0.25) is 14.5 Å². The Morgan fingerprint density at radius 3 is 2.30 bits per heavy atom. The molecule has 0 radical (unpaired) electrons. The van der Waals surface area contributed by atoms with E-state index in [-0.39, 0.29) is 11.8 Å². The molecule has 0 aliphatic carbocycles. The van der Waals surface area contributed by atoms with Crippen LogP contribution >= 0.6 is 0 Å². The molecule has 7 heteroatoms. The molecule has 0 aromatic carbocycles. The molecule has 3 saturated heterocycles. The van der Waals surface area contributed by atoms with Gasteiger partial charge in [-0.2, -0.15) is 0 Å². The Kier molecular flexibility index (Phi) is 7.49. The Morgan fingerprint density at radius 2 is 1.63 bits per heavy atom. The zero-order valence-corrected chi connectivity index (χ0v) is 16.9. The van der Waals surface area contributed by atoms with E-state index in [1.165, 1.54) is 0 Å². The normalized spacial score (nSPS) is 26.4. The summed E-state index contributed by atoms with van der Waals surface area (Å²) in [5, 5.41) is 0. The van der Waals surface area contributed by atoms with Crippen LogP contribution in [0.3, 0.4) is 0 Å². The number of likely N-dealkylation sites (N-methyl/N-ethyl adjacent to an activating group) is 1. The second kappa shape index (κ2) is 9.85. The van der Waals surface area contributed by atoms with Gasteiger partial charge < -0.3 is 20.4 Å². The van der Waals surface area contributed by atoms with Crippen LogP contribution < -0.4 is 5.73 Å². The van der Waals surface area contributed by atoms with Crippen molar-refractivity contribution in [3.63, 3.8) is 0 Å². The lowest BCUT2D eigenvalue weighted by atomic mass is 9.92. The molecular formula is C20H37N5O2.